The lowest BCUT2D eigenvalue weighted by Gasteiger charge is -2.26. The lowest BCUT2D eigenvalue weighted by atomic mass is 9.84. The van der Waals surface area contributed by atoms with Crippen LogP contribution in [0, 0.1) is 23.7 Å². The number of ether oxygens (including phenoxy) is 1. The maximum Gasteiger partial charge on any atom is 0.334 e. The van der Waals surface area contributed by atoms with Crippen LogP contribution >= 0.6 is 0 Å². The van der Waals surface area contributed by atoms with Crippen molar-refractivity contribution in [3.05, 3.63) is 12.2 Å². The topological polar surface area (TPSA) is 65.0 Å². The van der Waals surface area contributed by atoms with Crippen molar-refractivity contribution in [1.29, 1.82) is 0 Å². The van der Waals surface area contributed by atoms with Gasteiger partial charge in [0.15, 0.2) is 0 Å². The summed E-state index contributed by atoms with van der Waals surface area (Å²) in [5, 5.41) is 9.42. The van der Waals surface area contributed by atoms with Gasteiger partial charge in [-0.2, -0.15) is 0 Å². The van der Waals surface area contributed by atoms with E-state index in [1.54, 1.807) is 0 Å². The van der Waals surface area contributed by atoms with E-state index in [-0.39, 0.29) is 17.8 Å². The van der Waals surface area contributed by atoms with Gasteiger partial charge < -0.3 is 18.7 Å². The van der Waals surface area contributed by atoms with Gasteiger partial charge in [-0.25, -0.2) is 0 Å². The molecule has 0 aromatic rings. The molecule has 2 rings (SSSR count). The molecule has 1 fully saturated rings. The summed E-state index contributed by atoms with van der Waals surface area (Å²) < 4.78 is 17.4. The molecule has 0 aromatic carbocycles. The molecule has 5 nitrogen and oxygen atoms in total. The Kier molecular flexibility index (Phi) is 6.82. The molecule has 2 aliphatic carbocycles. The van der Waals surface area contributed by atoms with Crippen molar-refractivity contribution < 1.29 is 23.5 Å². The van der Waals surface area contributed by atoms with Crippen LogP contribution in [0.3, 0.4) is 0 Å². The van der Waals surface area contributed by atoms with Gasteiger partial charge in [-0.3, -0.25) is 4.79 Å². The minimum atomic E-state index is -2.06. The second kappa shape index (κ2) is 8.42. The number of rotatable bonds is 11. The molecule has 0 radical (unpaired) electrons. The first-order chi connectivity index (χ1) is 11.0. The van der Waals surface area contributed by atoms with Crippen LogP contribution < -0.4 is 0 Å². The summed E-state index contributed by atoms with van der Waals surface area (Å²) in [6, 6.07) is 0.910. The van der Waals surface area contributed by atoms with Gasteiger partial charge in [0.25, 0.3) is 0 Å². The SMILES string of the molecule is CCO[Si](C)(CCCOCC1C2C=CC(C2)C1C(=O)O)OCC. The lowest BCUT2D eigenvalue weighted by Crippen LogP contribution is -2.39. The molecule has 132 valence electrons. The fourth-order valence-electron chi connectivity index (χ4n) is 4.03. The van der Waals surface area contributed by atoms with Crippen molar-refractivity contribution in [2.24, 2.45) is 23.7 Å². The monoisotopic (exact) mass is 342 g/mol. The summed E-state index contributed by atoms with van der Waals surface area (Å²) >= 11 is 0. The van der Waals surface area contributed by atoms with Crippen LogP contribution in [0.4, 0.5) is 0 Å². The van der Waals surface area contributed by atoms with Gasteiger partial charge in [0.05, 0.1) is 12.5 Å². The number of aliphatic carboxylic acids is 1. The third-order valence-corrected chi connectivity index (χ3v) is 8.10. The van der Waals surface area contributed by atoms with Gasteiger partial charge in [-0.05, 0) is 51.1 Å². The van der Waals surface area contributed by atoms with Crippen molar-refractivity contribution in [1.82, 2.24) is 0 Å². The Morgan fingerprint density at radius 3 is 2.48 bits per heavy atom. The van der Waals surface area contributed by atoms with E-state index in [0.29, 0.717) is 32.3 Å². The van der Waals surface area contributed by atoms with Crippen molar-refractivity contribution in [3.8, 4) is 0 Å². The summed E-state index contributed by atoms with van der Waals surface area (Å²) in [4.78, 5) is 11.4. The summed E-state index contributed by atoms with van der Waals surface area (Å²) in [5.41, 5.74) is 0. The first-order valence-electron chi connectivity index (χ1n) is 8.77. The van der Waals surface area contributed by atoms with Gasteiger partial charge in [0.1, 0.15) is 0 Å². The smallest absolute Gasteiger partial charge is 0.334 e. The summed E-state index contributed by atoms with van der Waals surface area (Å²) in [6.07, 6.45) is 6.12. The van der Waals surface area contributed by atoms with E-state index >= 15 is 0 Å². The van der Waals surface area contributed by atoms with E-state index in [1.165, 1.54) is 0 Å². The molecule has 2 aliphatic rings. The number of hydrogen-bond donors (Lipinski definition) is 1. The van der Waals surface area contributed by atoms with Crippen molar-refractivity contribution in [3.63, 3.8) is 0 Å². The zero-order valence-corrected chi connectivity index (χ0v) is 15.5. The van der Waals surface area contributed by atoms with Crippen LogP contribution in [-0.4, -0.2) is 46.1 Å². The van der Waals surface area contributed by atoms with E-state index in [1.807, 2.05) is 13.8 Å². The molecule has 0 aliphatic heterocycles. The van der Waals surface area contributed by atoms with Crippen LogP contribution in [0.15, 0.2) is 12.2 Å². The molecule has 0 heterocycles. The Hall–Kier alpha value is -0.693. The van der Waals surface area contributed by atoms with E-state index < -0.39 is 14.5 Å². The number of hydrogen-bond acceptors (Lipinski definition) is 4. The van der Waals surface area contributed by atoms with Crippen LogP contribution in [-0.2, 0) is 18.4 Å². The molecular formula is C17H30O5Si. The molecule has 0 amide bonds. The molecule has 1 saturated carbocycles. The number of carboxylic acid groups (broad SMARTS) is 1. The highest BCUT2D eigenvalue weighted by Crippen LogP contribution is 2.48. The molecule has 0 spiro atoms. The minimum absolute atomic E-state index is 0.130. The molecule has 4 atom stereocenters. The maximum absolute atomic E-state index is 11.4. The Bertz CT molecular complexity index is 419. The standard InChI is InChI=1S/C17H30O5Si/c1-4-21-23(3,22-5-2)10-6-9-20-12-15-13-7-8-14(11-13)16(15)17(18)19/h7-8,13-16H,4-6,9-12H2,1-3H3,(H,18,19). The molecule has 1 N–H and O–H groups in total. The molecule has 23 heavy (non-hydrogen) atoms. The highest BCUT2D eigenvalue weighted by molar-refractivity contribution is 6.66. The third kappa shape index (κ3) is 4.65. The second-order valence-corrected chi connectivity index (χ2v) is 10.00. The fourth-order valence-corrected chi connectivity index (χ4v) is 6.41. The normalized spacial score (nSPS) is 29.3. The van der Waals surface area contributed by atoms with Gasteiger partial charge in [-0.1, -0.05) is 12.2 Å². The van der Waals surface area contributed by atoms with Gasteiger partial charge in [0.2, 0.25) is 0 Å². The molecule has 0 saturated heterocycles. The lowest BCUT2D eigenvalue weighted by molar-refractivity contribution is -0.145. The predicted octanol–water partition coefficient (Wildman–Crippen LogP) is 3.06. The first kappa shape index (κ1) is 18.6. The molecular weight excluding hydrogens is 312 g/mol. The number of carboxylic acids is 1. The van der Waals surface area contributed by atoms with E-state index in [9.17, 15) is 9.90 Å². The third-order valence-electron chi connectivity index (χ3n) is 5.04. The van der Waals surface area contributed by atoms with Gasteiger partial charge in [-0.15, -0.1) is 0 Å². The Morgan fingerprint density at radius 1 is 1.22 bits per heavy atom. The molecule has 4 unspecified atom stereocenters. The van der Waals surface area contributed by atoms with Crippen LogP contribution in [0.25, 0.3) is 0 Å². The molecule has 6 heteroatoms. The Labute approximate surface area is 140 Å². The largest absolute Gasteiger partial charge is 0.481 e. The zero-order chi connectivity index (χ0) is 16.9. The second-order valence-electron chi connectivity index (χ2n) is 6.65. The average Bonchev–Trinajstić information content (AvgIpc) is 3.08. The summed E-state index contributed by atoms with van der Waals surface area (Å²) in [6.45, 7) is 8.64. The predicted molar refractivity (Wildman–Crippen MR) is 90.5 cm³/mol. The van der Waals surface area contributed by atoms with Gasteiger partial charge >= 0.3 is 14.5 Å². The minimum Gasteiger partial charge on any atom is -0.481 e. The van der Waals surface area contributed by atoms with Crippen LogP contribution in [0.1, 0.15) is 26.7 Å². The van der Waals surface area contributed by atoms with Crippen LogP contribution in [0.2, 0.25) is 12.6 Å². The maximum atomic E-state index is 11.4. The highest BCUT2D eigenvalue weighted by atomic mass is 28.4. The van der Waals surface area contributed by atoms with Crippen molar-refractivity contribution in [2.75, 3.05) is 26.4 Å². The summed E-state index contributed by atoms with van der Waals surface area (Å²) in [7, 11) is -2.06. The number of carbonyl (C=O) groups is 1. The van der Waals surface area contributed by atoms with E-state index in [4.69, 9.17) is 13.6 Å². The number of fused-ring (bicyclic) bond motifs is 2. The average molecular weight is 343 g/mol. The quantitative estimate of drug-likeness (QED) is 0.355. The van der Waals surface area contributed by atoms with E-state index in [0.717, 1.165) is 18.9 Å². The van der Waals surface area contributed by atoms with Crippen LogP contribution in [0.5, 0.6) is 0 Å². The van der Waals surface area contributed by atoms with Crippen molar-refractivity contribution in [2.45, 2.75) is 39.3 Å². The van der Waals surface area contributed by atoms with Gasteiger partial charge in [0, 0.05) is 25.7 Å². The Morgan fingerprint density at radius 2 is 1.87 bits per heavy atom. The molecule has 2 bridgehead atoms. The highest BCUT2D eigenvalue weighted by Gasteiger charge is 2.48. The number of allylic oxidation sites excluding steroid dienone is 2. The molecule has 0 aromatic heterocycles. The first-order valence-corrected chi connectivity index (χ1v) is 11.3. The fraction of sp³-hybridized carbons (Fsp3) is 0.824. The van der Waals surface area contributed by atoms with Crippen molar-refractivity contribution >= 4 is 14.5 Å². The Balaban J connectivity index is 1.71. The zero-order valence-electron chi connectivity index (χ0n) is 14.5. The summed E-state index contributed by atoms with van der Waals surface area (Å²) in [5.74, 6) is -0.227. The van der Waals surface area contributed by atoms with E-state index in [2.05, 4.69) is 18.7 Å².